The van der Waals surface area contributed by atoms with Crippen LogP contribution in [0.5, 0.6) is 0 Å². The van der Waals surface area contributed by atoms with Gasteiger partial charge >= 0.3 is 0 Å². The van der Waals surface area contributed by atoms with E-state index in [4.69, 9.17) is 19.7 Å². The fourth-order valence-electron chi connectivity index (χ4n) is 1.57. The third kappa shape index (κ3) is 9.50. The van der Waals surface area contributed by atoms with Crippen molar-refractivity contribution < 1.29 is 24.2 Å². The van der Waals surface area contributed by atoms with Gasteiger partial charge in [-0.1, -0.05) is 6.92 Å². The molecular weight excluding hydrogens is 222 g/mol. The smallest absolute Gasteiger partial charge is 0.102 e. The lowest BCUT2D eigenvalue weighted by atomic mass is 10.4. The van der Waals surface area contributed by atoms with E-state index in [9.17, 15) is 0 Å². The molecule has 0 aliphatic rings. The molecule has 0 aromatic heterocycles. The first-order chi connectivity index (χ1) is 8.18. The number of hydrogen-bond acceptors (Lipinski definition) is 4. The first-order valence-corrected chi connectivity index (χ1v) is 6.39. The van der Waals surface area contributed by atoms with Crippen LogP contribution in [-0.2, 0) is 9.47 Å². The van der Waals surface area contributed by atoms with Gasteiger partial charge in [-0.15, -0.1) is 0 Å². The number of aliphatic hydroxyl groups is 2. The van der Waals surface area contributed by atoms with Crippen LogP contribution in [0, 0.1) is 0 Å². The third-order valence-electron chi connectivity index (χ3n) is 2.78. The Hall–Kier alpha value is -0.200. The summed E-state index contributed by atoms with van der Waals surface area (Å²) in [6.07, 6.45) is 1.03. The Bertz CT molecular complexity index is 161. The van der Waals surface area contributed by atoms with Crippen LogP contribution < -0.4 is 0 Å². The summed E-state index contributed by atoms with van der Waals surface area (Å²) in [5, 5.41) is 17.9. The molecule has 0 spiro atoms. The Morgan fingerprint density at radius 1 is 0.824 bits per heavy atom. The number of likely N-dealkylation sites (N-methyl/N-ethyl adjacent to an activating group) is 1. The number of nitrogens with zero attached hydrogens (tertiary/aromatic N) is 1. The first-order valence-electron chi connectivity index (χ1n) is 6.39. The molecule has 5 heteroatoms. The Morgan fingerprint density at radius 2 is 1.35 bits per heavy atom. The molecule has 0 radical (unpaired) electrons. The van der Waals surface area contributed by atoms with Crippen molar-refractivity contribution in [1.82, 2.24) is 0 Å². The van der Waals surface area contributed by atoms with Gasteiger partial charge < -0.3 is 24.2 Å². The number of quaternary nitrogens is 1. The molecule has 0 bridgehead atoms. The molecule has 0 atom stereocenters. The second kappa shape index (κ2) is 10.9. The highest BCUT2D eigenvalue weighted by atomic mass is 16.5. The molecule has 17 heavy (non-hydrogen) atoms. The topological polar surface area (TPSA) is 58.9 Å². The molecule has 5 nitrogen and oxygen atoms in total. The summed E-state index contributed by atoms with van der Waals surface area (Å²) in [5.41, 5.74) is 0. The molecular formula is C12H28NO4+. The van der Waals surface area contributed by atoms with Gasteiger partial charge in [-0.25, -0.2) is 0 Å². The second-order valence-corrected chi connectivity index (χ2v) is 4.46. The van der Waals surface area contributed by atoms with Crippen molar-refractivity contribution in [3.63, 3.8) is 0 Å². The predicted molar refractivity (Wildman–Crippen MR) is 66.9 cm³/mol. The fourth-order valence-corrected chi connectivity index (χ4v) is 1.57. The fraction of sp³-hybridized carbons (Fsp3) is 1.00. The van der Waals surface area contributed by atoms with Crippen LogP contribution in [0.15, 0.2) is 0 Å². The van der Waals surface area contributed by atoms with Crippen LogP contribution in [0.3, 0.4) is 0 Å². The molecule has 0 rings (SSSR count). The summed E-state index contributed by atoms with van der Waals surface area (Å²) >= 11 is 0. The van der Waals surface area contributed by atoms with Gasteiger partial charge in [0.15, 0.2) is 0 Å². The van der Waals surface area contributed by atoms with Crippen LogP contribution in [0.1, 0.15) is 13.3 Å². The summed E-state index contributed by atoms with van der Waals surface area (Å²) in [6.45, 7) is 7.11. The monoisotopic (exact) mass is 250 g/mol. The van der Waals surface area contributed by atoms with E-state index < -0.39 is 0 Å². The van der Waals surface area contributed by atoms with Crippen LogP contribution in [0.2, 0.25) is 0 Å². The third-order valence-corrected chi connectivity index (χ3v) is 2.78. The van der Waals surface area contributed by atoms with Crippen LogP contribution in [0.25, 0.3) is 0 Å². The molecule has 2 N–H and O–H groups in total. The van der Waals surface area contributed by atoms with E-state index >= 15 is 0 Å². The Labute approximate surface area is 105 Å². The van der Waals surface area contributed by atoms with Crippen molar-refractivity contribution in [2.24, 2.45) is 0 Å². The average Bonchev–Trinajstić information content (AvgIpc) is 2.28. The van der Waals surface area contributed by atoms with Crippen molar-refractivity contribution in [2.45, 2.75) is 13.3 Å². The van der Waals surface area contributed by atoms with Gasteiger partial charge in [0.1, 0.15) is 19.6 Å². The molecule has 0 aliphatic carbocycles. The normalized spacial score (nSPS) is 12.0. The van der Waals surface area contributed by atoms with Crippen molar-refractivity contribution >= 4 is 0 Å². The number of rotatable bonds is 12. The van der Waals surface area contributed by atoms with Crippen molar-refractivity contribution in [2.75, 3.05) is 66.3 Å². The SMILES string of the molecule is CCCOCCOCC[N+](C)(CCO)CCO. The maximum absolute atomic E-state index is 8.97. The van der Waals surface area contributed by atoms with Gasteiger partial charge in [0.2, 0.25) is 0 Å². The quantitative estimate of drug-likeness (QED) is 0.374. The minimum Gasteiger partial charge on any atom is -0.391 e. The van der Waals surface area contributed by atoms with E-state index in [-0.39, 0.29) is 13.2 Å². The van der Waals surface area contributed by atoms with E-state index in [1.54, 1.807) is 0 Å². The summed E-state index contributed by atoms with van der Waals surface area (Å²) < 4.78 is 11.4. The van der Waals surface area contributed by atoms with Crippen LogP contribution in [0.4, 0.5) is 0 Å². The van der Waals surface area contributed by atoms with E-state index in [0.29, 0.717) is 37.4 Å². The lowest BCUT2D eigenvalue weighted by molar-refractivity contribution is -0.910. The zero-order valence-electron chi connectivity index (χ0n) is 11.2. The van der Waals surface area contributed by atoms with Gasteiger partial charge in [0.25, 0.3) is 0 Å². The minimum absolute atomic E-state index is 0.135. The zero-order chi connectivity index (χ0) is 13.0. The highest BCUT2D eigenvalue weighted by Crippen LogP contribution is 2.00. The van der Waals surface area contributed by atoms with Crippen molar-refractivity contribution in [1.29, 1.82) is 0 Å². The molecule has 0 fully saturated rings. The summed E-state index contributed by atoms with van der Waals surface area (Å²) in [7, 11) is 2.02. The van der Waals surface area contributed by atoms with E-state index in [0.717, 1.165) is 19.6 Å². The highest BCUT2D eigenvalue weighted by Gasteiger charge is 2.19. The maximum Gasteiger partial charge on any atom is 0.102 e. The molecule has 0 saturated heterocycles. The minimum atomic E-state index is 0.135. The number of ether oxygens (including phenoxy) is 2. The van der Waals surface area contributed by atoms with Crippen molar-refractivity contribution in [3.05, 3.63) is 0 Å². The molecule has 0 saturated carbocycles. The molecule has 0 unspecified atom stereocenters. The molecule has 104 valence electrons. The summed E-state index contributed by atoms with van der Waals surface area (Å²) in [4.78, 5) is 0. The Balaban J connectivity index is 3.54. The van der Waals surface area contributed by atoms with E-state index in [2.05, 4.69) is 6.92 Å². The van der Waals surface area contributed by atoms with Crippen molar-refractivity contribution in [3.8, 4) is 0 Å². The lowest BCUT2D eigenvalue weighted by Gasteiger charge is -2.33. The molecule has 0 aromatic carbocycles. The van der Waals surface area contributed by atoms with Crippen LogP contribution >= 0.6 is 0 Å². The maximum atomic E-state index is 8.97. The zero-order valence-corrected chi connectivity index (χ0v) is 11.2. The first kappa shape index (κ1) is 16.8. The highest BCUT2D eigenvalue weighted by molar-refractivity contribution is 4.40. The second-order valence-electron chi connectivity index (χ2n) is 4.46. The van der Waals surface area contributed by atoms with E-state index in [1.165, 1.54) is 0 Å². The Kier molecular flexibility index (Phi) is 10.8. The molecule has 0 aliphatic heterocycles. The predicted octanol–water partition coefficient (Wildman–Crippen LogP) is -0.139. The number of aliphatic hydroxyl groups excluding tert-OH is 2. The molecule has 0 aromatic rings. The van der Waals surface area contributed by atoms with Gasteiger partial charge in [0.05, 0.1) is 40.1 Å². The Morgan fingerprint density at radius 3 is 1.82 bits per heavy atom. The van der Waals surface area contributed by atoms with Gasteiger partial charge in [-0.3, -0.25) is 0 Å². The van der Waals surface area contributed by atoms with Crippen LogP contribution in [-0.4, -0.2) is 81.0 Å². The lowest BCUT2D eigenvalue weighted by Crippen LogP contribution is -2.50. The summed E-state index contributed by atoms with van der Waals surface area (Å²) in [5.74, 6) is 0. The molecule has 0 heterocycles. The number of hydrogen-bond donors (Lipinski definition) is 2. The van der Waals surface area contributed by atoms with E-state index in [1.807, 2.05) is 7.05 Å². The molecule has 0 amide bonds. The van der Waals surface area contributed by atoms with Gasteiger partial charge in [-0.05, 0) is 6.42 Å². The standard InChI is InChI=1S/C12H28NO4/c1-3-9-16-11-12-17-10-6-13(2,4-7-14)5-8-15/h14-15H,3-12H2,1-2H3/q+1. The van der Waals surface area contributed by atoms with Gasteiger partial charge in [0, 0.05) is 6.61 Å². The summed E-state index contributed by atoms with van der Waals surface area (Å²) in [6, 6.07) is 0. The largest absolute Gasteiger partial charge is 0.391 e. The van der Waals surface area contributed by atoms with Gasteiger partial charge in [-0.2, -0.15) is 0 Å². The average molecular weight is 250 g/mol.